The molecule has 2 N–H and O–H groups in total. The zero-order chi connectivity index (χ0) is 17.4. The SMILES string of the molecule is CN=C(NCCCCN1CC(C)CC(C)C1)NCc1ncnn1C. The molecule has 0 bridgehead atoms. The first-order chi connectivity index (χ1) is 11.6. The van der Waals surface area contributed by atoms with Crippen molar-refractivity contribution in [2.45, 2.75) is 39.7 Å². The molecule has 0 radical (unpaired) electrons. The van der Waals surface area contributed by atoms with Crippen LogP contribution in [0.25, 0.3) is 0 Å². The topological polar surface area (TPSA) is 70.4 Å². The quantitative estimate of drug-likeness (QED) is 0.446. The molecule has 1 fully saturated rings. The number of guanidine groups is 1. The molecule has 7 heteroatoms. The van der Waals surface area contributed by atoms with Crippen molar-refractivity contribution in [2.75, 3.05) is 33.2 Å². The van der Waals surface area contributed by atoms with Gasteiger partial charge < -0.3 is 15.5 Å². The maximum absolute atomic E-state index is 4.25. The Balaban J connectivity index is 1.58. The highest BCUT2D eigenvalue weighted by Crippen LogP contribution is 2.20. The number of hydrogen-bond acceptors (Lipinski definition) is 4. The highest BCUT2D eigenvalue weighted by atomic mass is 15.3. The lowest BCUT2D eigenvalue weighted by Gasteiger charge is -2.34. The van der Waals surface area contributed by atoms with Crippen molar-refractivity contribution in [1.29, 1.82) is 0 Å². The second-order valence-electron chi connectivity index (χ2n) is 7.07. The number of piperidine rings is 1. The number of unbranched alkanes of at least 4 members (excludes halogenated alkanes) is 1. The molecular formula is C17H33N7. The van der Waals surface area contributed by atoms with Gasteiger partial charge in [0.15, 0.2) is 5.96 Å². The maximum atomic E-state index is 4.25. The highest BCUT2D eigenvalue weighted by Gasteiger charge is 2.20. The van der Waals surface area contributed by atoms with E-state index in [1.807, 2.05) is 7.05 Å². The first-order valence-electron chi connectivity index (χ1n) is 9.08. The molecule has 7 nitrogen and oxygen atoms in total. The van der Waals surface area contributed by atoms with Crippen LogP contribution in [0.4, 0.5) is 0 Å². The maximum Gasteiger partial charge on any atom is 0.191 e. The molecule has 2 rings (SSSR count). The molecule has 0 aromatic carbocycles. The zero-order valence-corrected chi connectivity index (χ0v) is 15.6. The number of aryl methyl sites for hydroxylation is 1. The van der Waals surface area contributed by atoms with Gasteiger partial charge in [-0.15, -0.1) is 0 Å². The molecule has 0 amide bonds. The molecule has 0 saturated carbocycles. The van der Waals surface area contributed by atoms with Crippen LogP contribution in [-0.2, 0) is 13.6 Å². The van der Waals surface area contributed by atoms with Crippen molar-refractivity contribution < 1.29 is 0 Å². The molecule has 1 saturated heterocycles. The Kier molecular flexibility index (Phi) is 7.49. The van der Waals surface area contributed by atoms with Crippen molar-refractivity contribution in [3.8, 4) is 0 Å². The number of hydrogen-bond donors (Lipinski definition) is 2. The molecular weight excluding hydrogens is 302 g/mol. The average molecular weight is 336 g/mol. The third-order valence-electron chi connectivity index (χ3n) is 4.58. The van der Waals surface area contributed by atoms with E-state index in [9.17, 15) is 0 Å². The van der Waals surface area contributed by atoms with Gasteiger partial charge in [0.2, 0.25) is 0 Å². The first kappa shape index (κ1) is 18.7. The molecule has 0 spiro atoms. The lowest BCUT2D eigenvalue weighted by atomic mass is 9.92. The largest absolute Gasteiger partial charge is 0.356 e. The Labute approximate surface area is 145 Å². The van der Waals surface area contributed by atoms with Gasteiger partial charge in [0.25, 0.3) is 0 Å². The van der Waals surface area contributed by atoms with E-state index >= 15 is 0 Å². The van der Waals surface area contributed by atoms with Crippen molar-refractivity contribution in [1.82, 2.24) is 30.3 Å². The first-order valence-corrected chi connectivity index (χ1v) is 9.08. The Bertz CT molecular complexity index is 501. The molecule has 2 atom stereocenters. The van der Waals surface area contributed by atoms with Gasteiger partial charge >= 0.3 is 0 Å². The smallest absolute Gasteiger partial charge is 0.191 e. The van der Waals surface area contributed by atoms with Crippen LogP contribution in [0, 0.1) is 11.8 Å². The van der Waals surface area contributed by atoms with Gasteiger partial charge in [0.05, 0.1) is 6.54 Å². The second kappa shape index (κ2) is 9.61. The normalized spacial score (nSPS) is 22.6. The third kappa shape index (κ3) is 6.11. The fourth-order valence-electron chi connectivity index (χ4n) is 3.51. The summed E-state index contributed by atoms with van der Waals surface area (Å²) < 4.78 is 1.76. The molecule has 1 aliphatic heterocycles. The summed E-state index contributed by atoms with van der Waals surface area (Å²) in [5, 5.41) is 10.7. The number of nitrogens with zero attached hydrogens (tertiary/aromatic N) is 5. The zero-order valence-electron chi connectivity index (χ0n) is 15.6. The van der Waals surface area contributed by atoms with Gasteiger partial charge in [-0.3, -0.25) is 9.67 Å². The van der Waals surface area contributed by atoms with Crippen LogP contribution in [0.3, 0.4) is 0 Å². The van der Waals surface area contributed by atoms with E-state index < -0.39 is 0 Å². The fourth-order valence-corrected chi connectivity index (χ4v) is 3.51. The minimum atomic E-state index is 0.625. The van der Waals surface area contributed by atoms with Crippen molar-refractivity contribution in [3.05, 3.63) is 12.2 Å². The lowest BCUT2D eigenvalue weighted by Crippen LogP contribution is -2.40. The van der Waals surface area contributed by atoms with Crippen LogP contribution in [0.15, 0.2) is 11.3 Å². The van der Waals surface area contributed by atoms with Crippen LogP contribution in [-0.4, -0.2) is 58.9 Å². The molecule has 1 aromatic heterocycles. The lowest BCUT2D eigenvalue weighted by molar-refractivity contribution is 0.139. The Morgan fingerprint density at radius 2 is 2.00 bits per heavy atom. The van der Waals surface area contributed by atoms with E-state index in [0.29, 0.717) is 6.54 Å². The number of nitrogens with one attached hydrogen (secondary N) is 2. The summed E-state index contributed by atoms with van der Waals surface area (Å²) in [5.74, 6) is 3.40. The third-order valence-corrected chi connectivity index (χ3v) is 4.58. The summed E-state index contributed by atoms with van der Waals surface area (Å²) in [6, 6.07) is 0. The van der Waals surface area contributed by atoms with Crippen LogP contribution in [0.5, 0.6) is 0 Å². The van der Waals surface area contributed by atoms with Crippen LogP contribution >= 0.6 is 0 Å². The standard InChI is InChI=1S/C17H33N7/c1-14-9-15(2)12-24(11-14)8-6-5-7-19-17(18-3)20-10-16-21-13-22-23(16)4/h13-15H,5-12H2,1-4H3,(H2,18,19,20). The summed E-state index contributed by atoms with van der Waals surface area (Å²) in [5.41, 5.74) is 0. The fraction of sp³-hybridized carbons (Fsp3) is 0.824. The molecule has 1 aliphatic rings. The van der Waals surface area contributed by atoms with E-state index in [2.05, 4.69) is 44.5 Å². The Morgan fingerprint density at radius 3 is 2.62 bits per heavy atom. The van der Waals surface area contributed by atoms with E-state index in [1.54, 1.807) is 18.1 Å². The van der Waals surface area contributed by atoms with Gasteiger partial charge in [-0.1, -0.05) is 13.8 Å². The molecule has 1 aromatic rings. The van der Waals surface area contributed by atoms with E-state index in [4.69, 9.17) is 0 Å². The van der Waals surface area contributed by atoms with Gasteiger partial charge in [-0.25, -0.2) is 4.98 Å². The average Bonchev–Trinajstić information content (AvgIpc) is 2.94. The number of aliphatic imine (C=N–C) groups is 1. The monoisotopic (exact) mass is 335 g/mol. The molecule has 2 heterocycles. The van der Waals surface area contributed by atoms with E-state index in [1.165, 1.54) is 32.5 Å². The van der Waals surface area contributed by atoms with Crippen molar-refractivity contribution >= 4 is 5.96 Å². The van der Waals surface area contributed by atoms with Crippen LogP contribution in [0.2, 0.25) is 0 Å². The number of aromatic nitrogens is 3. The van der Waals surface area contributed by atoms with Crippen molar-refractivity contribution in [2.24, 2.45) is 23.9 Å². The molecule has 24 heavy (non-hydrogen) atoms. The summed E-state index contributed by atoms with van der Waals surface area (Å²) in [7, 11) is 3.69. The van der Waals surface area contributed by atoms with Crippen LogP contribution in [0.1, 0.15) is 38.9 Å². The van der Waals surface area contributed by atoms with Gasteiger partial charge in [0.1, 0.15) is 12.2 Å². The number of rotatable bonds is 7. The Morgan fingerprint density at radius 1 is 1.25 bits per heavy atom. The van der Waals surface area contributed by atoms with E-state index in [0.717, 1.165) is 36.6 Å². The predicted molar refractivity (Wildman–Crippen MR) is 97.8 cm³/mol. The summed E-state index contributed by atoms with van der Waals surface area (Å²) in [4.78, 5) is 11.1. The predicted octanol–water partition coefficient (Wildman–Crippen LogP) is 1.24. The van der Waals surface area contributed by atoms with Gasteiger partial charge in [-0.2, -0.15) is 5.10 Å². The minimum absolute atomic E-state index is 0.625. The Hall–Kier alpha value is -1.63. The molecule has 2 unspecified atom stereocenters. The van der Waals surface area contributed by atoms with Gasteiger partial charge in [-0.05, 0) is 37.6 Å². The van der Waals surface area contributed by atoms with Crippen LogP contribution < -0.4 is 10.6 Å². The molecule has 136 valence electrons. The summed E-state index contributed by atoms with van der Waals surface area (Å²) in [6.45, 7) is 10.0. The van der Waals surface area contributed by atoms with E-state index in [-0.39, 0.29) is 0 Å². The summed E-state index contributed by atoms with van der Waals surface area (Å²) in [6.07, 6.45) is 5.33. The van der Waals surface area contributed by atoms with Crippen molar-refractivity contribution in [3.63, 3.8) is 0 Å². The second-order valence-corrected chi connectivity index (χ2v) is 7.07. The summed E-state index contributed by atoms with van der Waals surface area (Å²) >= 11 is 0. The van der Waals surface area contributed by atoms with Gasteiger partial charge in [0, 0.05) is 33.7 Å². The highest BCUT2D eigenvalue weighted by molar-refractivity contribution is 5.79. The molecule has 0 aliphatic carbocycles. The number of likely N-dealkylation sites (tertiary alicyclic amines) is 1. The minimum Gasteiger partial charge on any atom is -0.356 e.